The molecule has 1 aliphatic heterocycles. The highest BCUT2D eigenvalue weighted by atomic mass is 19.1. The van der Waals surface area contributed by atoms with Gasteiger partial charge < -0.3 is 10.2 Å². The lowest BCUT2D eigenvalue weighted by Gasteiger charge is -2.28. The van der Waals surface area contributed by atoms with E-state index in [9.17, 15) is 9.18 Å². The molecule has 1 saturated heterocycles. The fourth-order valence-corrected chi connectivity index (χ4v) is 3.32. The minimum Gasteiger partial charge on any atom is -0.322 e. The minimum absolute atomic E-state index is 0.0637. The van der Waals surface area contributed by atoms with Crippen molar-refractivity contribution in [3.63, 3.8) is 0 Å². The molecule has 25 heavy (non-hydrogen) atoms. The van der Waals surface area contributed by atoms with Crippen molar-refractivity contribution in [3.8, 4) is 0 Å². The van der Waals surface area contributed by atoms with Crippen molar-refractivity contribution in [1.82, 2.24) is 4.90 Å². The van der Waals surface area contributed by atoms with E-state index in [4.69, 9.17) is 0 Å². The van der Waals surface area contributed by atoms with E-state index in [-0.39, 0.29) is 5.56 Å². The number of carbonyl (C=O) groups excluding carboxylic acids is 1. The summed E-state index contributed by atoms with van der Waals surface area (Å²) in [4.78, 5) is 14.5. The summed E-state index contributed by atoms with van der Waals surface area (Å²) in [6.45, 7) is 2.40. The highest BCUT2D eigenvalue weighted by Crippen LogP contribution is 2.22. The van der Waals surface area contributed by atoms with Gasteiger partial charge in [-0.15, -0.1) is 0 Å². The van der Waals surface area contributed by atoms with Crippen LogP contribution in [0.3, 0.4) is 0 Å². The number of nitrogens with one attached hydrogen (secondary N) is 1. The minimum atomic E-state index is -0.505. The highest BCUT2D eigenvalue weighted by Gasteiger charge is 2.16. The summed E-state index contributed by atoms with van der Waals surface area (Å²) < 4.78 is 13.6. The summed E-state index contributed by atoms with van der Waals surface area (Å²) in [6, 6.07) is 13.9. The third kappa shape index (κ3) is 4.89. The zero-order chi connectivity index (χ0) is 17.6. The van der Waals surface area contributed by atoms with E-state index in [0.717, 1.165) is 12.3 Å². The number of nitrogens with zero attached hydrogens (tertiary/aromatic N) is 1. The Morgan fingerprint density at radius 3 is 2.48 bits per heavy atom. The second kappa shape index (κ2) is 8.26. The summed E-state index contributed by atoms with van der Waals surface area (Å²) in [5, 5.41) is 2.75. The topological polar surface area (TPSA) is 32.3 Å². The molecule has 0 saturated carbocycles. The van der Waals surface area contributed by atoms with Gasteiger partial charge in [0, 0.05) is 5.69 Å². The number of likely N-dealkylation sites (tertiary alicyclic amines) is 1. The molecule has 0 spiro atoms. The molecular weight excluding hydrogens is 315 g/mol. The van der Waals surface area contributed by atoms with Crippen molar-refractivity contribution in [1.29, 1.82) is 0 Å². The van der Waals surface area contributed by atoms with Crippen LogP contribution >= 0.6 is 0 Å². The van der Waals surface area contributed by atoms with E-state index >= 15 is 0 Å². The molecule has 1 amide bonds. The summed E-state index contributed by atoms with van der Waals surface area (Å²) >= 11 is 0. The fourth-order valence-electron chi connectivity index (χ4n) is 3.32. The van der Waals surface area contributed by atoms with Gasteiger partial charge in [0.1, 0.15) is 5.82 Å². The number of hydrogen-bond acceptors (Lipinski definition) is 2. The van der Waals surface area contributed by atoms with Crippen LogP contribution in [0.2, 0.25) is 0 Å². The molecule has 0 radical (unpaired) electrons. The molecule has 0 atom stereocenters. The lowest BCUT2D eigenvalue weighted by atomic mass is 9.91. The second-order valence-corrected chi connectivity index (χ2v) is 6.92. The van der Waals surface area contributed by atoms with Crippen LogP contribution in [-0.4, -0.2) is 30.9 Å². The zero-order valence-corrected chi connectivity index (χ0v) is 14.7. The lowest BCUT2D eigenvalue weighted by molar-refractivity contribution is 0.102. The number of carbonyl (C=O) groups is 1. The predicted molar refractivity (Wildman–Crippen MR) is 99.3 cm³/mol. The molecule has 0 aromatic heterocycles. The standard InChI is InChI=1S/C21H25FN2O/c1-24-14-12-17(13-15-24)7-6-16-8-10-18(11-9-16)23-21(25)19-4-2-3-5-20(19)22/h2-5,8-11,17H,6-7,12-15H2,1H3,(H,23,25). The monoisotopic (exact) mass is 340 g/mol. The number of rotatable bonds is 5. The third-order valence-corrected chi connectivity index (χ3v) is 5.01. The van der Waals surface area contributed by atoms with E-state index in [2.05, 4.69) is 17.3 Å². The first-order chi connectivity index (χ1) is 12.1. The van der Waals surface area contributed by atoms with Crippen LogP contribution < -0.4 is 5.32 Å². The molecule has 1 N–H and O–H groups in total. The molecule has 0 unspecified atom stereocenters. The number of amides is 1. The third-order valence-electron chi connectivity index (χ3n) is 5.01. The first-order valence-corrected chi connectivity index (χ1v) is 8.95. The fraction of sp³-hybridized carbons (Fsp3) is 0.381. The SMILES string of the molecule is CN1CCC(CCc2ccc(NC(=O)c3ccccc3F)cc2)CC1. The Kier molecular flexibility index (Phi) is 5.82. The molecule has 1 aliphatic rings. The van der Waals surface area contributed by atoms with Crippen molar-refractivity contribution in [2.45, 2.75) is 25.7 Å². The van der Waals surface area contributed by atoms with Gasteiger partial charge in [-0.05, 0) is 81.6 Å². The molecule has 1 fully saturated rings. The van der Waals surface area contributed by atoms with Crippen LogP contribution in [0, 0.1) is 11.7 Å². The van der Waals surface area contributed by atoms with Crippen LogP contribution in [0.15, 0.2) is 48.5 Å². The average molecular weight is 340 g/mol. The lowest BCUT2D eigenvalue weighted by Crippen LogP contribution is -2.30. The van der Waals surface area contributed by atoms with E-state index in [1.165, 1.54) is 50.0 Å². The quantitative estimate of drug-likeness (QED) is 0.877. The maximum Gasteiger partial charge on any atom is 0.258 e. The second-order valence-electron chi connectivity index (χ2n) is 6.92. The van der Waals surface area contributed by atoms with E-state index < -0.39 is 11.7 Å². The molecule has 3 rings (SSSR count). The van der Waals surface area contributed by atoms with Crippen LogP contribution in [0.25, 0.3) is 0 Å². The highest BCUT2D eigenvalue weighted by molar-refractivity contribution is 6.04. The molecule has 2 aromatic carbocycles. The van der Waals surface area contributed by atoms with E-state index in [1.54, 1.807) is 12.1 Å². The largest absolute Gasteiger partial charge is 0.322 e. The Hall–Kier alpha value is -2.20. The Morgan fingerprint density at radius 1 is 1.12 bits per heavy atom. The normalized spacial score (nSPS) is 15.9. The first kappa shape index (κ1) is 17.6. The van der Waals surface area contributed by atoms with Crippen molar-refractivity contribution in [3.05, 3.63) is 65.5 Å². The number of piperidine rings is 1. The maximum absolute atomic E-state index is 13.6. The van der Waals surface area contributed by atoms with Gasteiger partial charge in [0.25, 0.3) is 5.91 Å². The van der Waals surface area contributed by atoms with Crippen LogP contribution in [0.5, 0.6) is 0 Å². The Bertz CT molecular complexity index is 706. The zero-order valence-electron chi connectivity index (χ0n) is 14.7. The molecule has 0 aliphatic carbocycles. The van der Waals surface area contributed by atoms with Gasteiger partial charge in [-0.3, -0.25) is 4.79 Å². The van der Waals surface area contributed by atoms with Crippen molar-refractivity contribution in [2.24, 2.45) is 5.92 Å². The Labute approximate surface area is 148 Å². The Morgan fingerprint density at radius 2 is 1.80 bits per heavy atom. The van der Waals surface area contributed by atoms with Gasteiger partial charge in [-0.1, -0.05) is 24.3 Å². The first-order valence-electron chi connectivity index (χ1n) is 8.95. The van der Waals surface area contributed by atoms with Crippen LogP contribution in [-0.2, 0) is 6.42 Å². The number of halogens is 1. The average Bonchev–Trinajstić information content (AvgIpc) is 2.63. The smallest absolute Gasteiger partial charge is 0.258 e. The summed E-state index contributed by atoms with van der Waals surface area (Å²) in [7, 11) is 2.19. The van der Waals surface area contributed by atoms with Crippen molar-refractivity contribution >= 4 is 11.6 Å². The van der Waals surface area contributed by atoms with E-state index in [0.29, 0.717) is 5.69 Å². The van der Waals surface area contributed by atoms with Gasteiger partial charge in [0.2, 0.25) is 0 Å². The van der Waals surface area contributed by atoms with Gasteiger partial charge in [-0.25, -0.2) is 4.39 Å². The maximum atomic E-state index is 13.6. The molecule has 2 aromatic rings. The molecule has 132 valence electrons. The molecule has 3 nitrogen and oxygen atoms in total. The molecular formula is C21H25FN2O. The number of hydrogen-bond donors (Lipinski definition) is 1. The van der Waals surface area contributed by atoms with Gasteiger partial charge >= 0.3 is 0 Å². The Balaban J connectivity index is 1.52. The predicted octanol–water partition coefficient (Wildman–Crippen LogP) is 4.35. The number of anilines is 1. The van der Waals surface area contributed by atoms with Crippen LogP contribution in [0.4, 0.5) is 10.1 Å². The molecule has 0 bridgehead atoms. The van der Waals surface area contributed by atoms with E-state index in [1.807, 2.05) is 24.3 Å². The number of aryl methyl sites for hydroxylation is 1. The summed E-state index contributed by atoms with van der Waals surface area (Å²) in [5.41, 5.74) is 2.04. The molecule has 1 heterocycles. The van der Waals surface area contributed by atoms with Crippen LogP contribution in [0.1, 0.15) is 35.2 Å². The summed E-state index contributed by atoms with van der Waals surface area (Å²) in [6.07, 6.45) is 4.85. The van der Waals surface area contributed by atoms with Gasteiger partial charge in [-0.2, -0.15) is 0 Å². The molecule has 4 heteroatoms. The van der Waals surface area contributed by atoms with Gasteiger partial charge in [0.15, 0.2) is 0 Å². The van der Waals surface area contributed by atoms with Crippen molar-refractivity contribution in [2.75, 3.05) is 25.5 Å². The summed E-state index contributed by atoms with van der Waals surface area (Å²) in [5.74, 6) is -0.108. The van der Waals surface area contributed by atoms with Gasteiger partial charge in [0.05, 0.1) is 5.56 Å². The van der Waals surface area contributed by atoms with Crippen molar-refractivity contribution < 1.29 is 9.18 Å². The number of benzene rings is 2.